The highest BCUT2D eigenvalue weighted by atomic mass is 32.1. The number of carboxylic acid groups (broad SMARTS) is 1. The SMILES string of the molecule is CCCCCN(C)C(=O)Nc1sccc1C(=O)O. The lowest BCUT2D eigenvalue weighted by atomic mass is 10.2. The van der Waals surface area contributed by atoms with Crippen LogP contribution in [0.5, 0.6) is 0 Å². The van der Waals surface area contributed by atoms with Gasteiger partial charge in [0, 0.05) is 13.6 Å². The molecule has 0 radical (unpaired) electrons. The maximum absolute atomic E-state index is 11.8. The Labute approximate surface area is 110 Å². The Kier molecular flexibility index (Phi) is 5.64. The third-order valence-corrected chi connectivity index (χ3v) is 3.39. The van der Waals surface area contributed by atoms with Crippen LogP contribution in [0.15, 0.2) is 11.4 Å². The van der Waals surface area contributed by atoms with Gasteiger partial charge in [-0.25, -0.2) is 9.59 Å². The Morgan fingerprint density at radius 3 is 2.78 bits per heavy atom. The van der Waals surface area contributed by atoms with Gasteiger partial charge in [-0.15, -0.1) is 11.3 Å². The van der Waals surface area contributed by atoms with Gasteiger partial charge in [-0.3, -0.25) is 5.32 Å². The fourth-order valence-electron chi connectivity index (χ4n) is 1.47. The Balaban J connectivity index is 2.53. The second-order valence-corrected chi connectivity index (χ2v) is 4.94. The molecule has 0 unspecified atom stereocenters. The molecule has 18 heavy (non-hydrogen) atoms. The number of urea groups is 1. The molecular weight excluding hydrogens is 252 g/mol. The Morgan fingerprint density at radius 2 is 2.17 bits per heavy atom. The molecule has 0 aromatic carbocycles. The summed E-state index contributed by atoms with van der Waals surface area (Å²) >= 11 is 1.21. The van der Waals surface area contributed by atoms with E-state index in [0.29, 0.717) is 11.5 Å². The van der Waals surface area contributed by atoms with Crippen LogP contribution in [0, 0.1) is 0 Å². The lowest BCUT2D eigenvalue weighted by Crippen LogP contribution is -2.32. The van der Waals surface area contributed by atoms with Crippen molar-refractivity contribution in [2.75, 3.05) is 18.9 Å². The highest BCUT2D eigenvalue weighted by Crippen LogP contribution is 2.23. The van der Waals surface area contributed by atoms with Gasteiger partial charge in [-0.05, 0) is 17.9 Å². The number of carbonyl (C=O) groups excluding carboxylic acids is 1. The van der Waals surface area contributed by atoms with Gasteiger partial charge in [0.1, 0.15) is 5.00 Å². The van der Waals surface area contributed by atoms with Crippen molar-refractivity contribution in [1.82, 2.24) is 4.90 Å². The molecule has 5 nitrogen and oxygen atoms in total. The second kappa shape index (κ2) is 7.00. The standard InChI is InChI=1S/C12H18N2O3S/c1-3-4-5-7-14(2)12(17)13-10-9(11(15)16)6-8-18-10/h6,8H,3-5,7H2,1-2H3,(H,13,17)(H,15,16). The van der Waals surface area contributed by atoms with Crippen molar-refractivity contribution >= 4 is 28.3 Å². The summed E-state index contributed by atoms with van der Waals surface area (Å²) in [6, 6.07) is 1.22. The molecule has 0 spiro atoms. The van der Waals surface area contributed by atoms with E-state index in [-0.39, 0.29) is 11.6 Å². The summed E-state index contributed by atoms with van der Waals surface area (Å²) in [6.45, 7) is 2.78. The lowest BCUT2D eigenvalue weighted by Gasteiger charge is -2.17. The number of carbonyl (C=O) groups is 2. The van der Waals surface area contributed by atoms with E-state index in [2.05, 4.69) is 12.2 Å². The van der Waals surface area contributed by atoms with Crippen molar-refractivity contribution < 1.29 is 14.7 Å². The summed E-state index contributed by atoms with van der Waals surface area (Å²) in [7, 11) is 1.71. The number of rotatable bonds is 6. The minimum atomic E-state index is -1.03. The van der Waals surface area contributed by atoms with Gasteiger partial charge in [0.25, 0.3) is 0 Å². The molecule has 6 heteroatoms. The minimum Gasteiger partial charge on any atom is -0.478 e. The highest BCUT2D eigenvalue weighted by molar-refractivity contribution is 7.14. The zero-order valence-corrected chi connectivity index (χ0v) is 11.4. The molecular formula is C12H18N2O3S. The van der Waals surface area contributed by atoms with Crippen LogP contribution in [0.3, 0.4) is 0 Å². The van der Waals surface area contributed by atoms with Gasteiger partial charge in [-0.1, -0.05) is 19.8 Å². The molecule has 2 N–H and O–H groups in total. The first-order chi connectivity index (χ1) is 8.56. The molecule has 1 aromatic heterocycles. The first-order valence-electron chi connectivity index (χ1n) is 5.89. The first kappa shape index (κ1) is 14.5. The topological polar surface area (TPSA) is 69.6 Å². The third kappa shape index (κ3) is 4.03. The number of amides is 2. The predicted octanol–water partition coefficient (Wildman–Crippen LogP) is 3.10. The number of carboxylic acids is 1. The lowest BCUT2D eigenvalue weighted by molar-refractivity contribution is 0.0698. The molecule has 1 rings (SSSR count). The quantitative estimate of drug-likeness (QED) is 0.780. The van der Waals surface area contributed by atoms with Gasteiger partial charge in [0.2, 0.25) is 0 Å². The molecule has 0 atom stereocenters. The Hall–Kier alpha value is -1.56. The predicted molar refractivity (Wildman–Crippen MR) is 72.5 cm³/mol. The fraction of sp³-hybridized carbons (Fsp3) is 0.500. The van der Waals surface area contributed by atoms with E-state index in [1.165, 1.54) is 17.4 Å². The van der Waals surface area contributed by atoms with Gasteiger partial charge in [0.05, 0.1) is 5.56 Å². The number of nitrogens with zero attached hydrogens (tertiary/aromatic N) is 1. The summed E-state index contributed by atoms with van der Waals surface area (Å²) in [5.74, 6) is -1.03. The van der Waals surface area contributed by atoms with E-state index in [1.54, 1.807) is 17.3 Å². The van der Waals surface area contributed by atoms with E-state index in [1.807, 2.05) is 0 Å². The van der Waals surface area contributed by atoms with Crippen molar-refractivity contribution in [3.63, 3.8) is 0 Å². The second-order valence-electron chi connectivity index (χ2n) is 4.03. The van der Waals surface area contributed by atoms with E-state index in [0.717, 1.165) is 19.3 Å². The molecule has 0 bridgehead atoms. The maximum Gasteiger partial charge on any atom is 0.338 e. The van der Waals surface area contributed by atoms with Gasteiger partial charge in [0.15, 0.2) is 0 Å². The molecule has 100 valence electrons. The number of aromatic carboxylic acids is 1. The van der Waals surface area contributed by atoms with Crippen LogP contribution >= 0.6 is 11.3 Å². The van der Waals surface area contributed by atoms with Crippen LogP contribution in [0.25, 0.3) is 0 Å². The van der Waals surface area contributed by atoms with Crippen molar-refractivity contribution in [2.24, 2.45) is 0 Å². The van der Waals surface area contributed by atoms with Crippen molar-refractivity contribution in [2.45, 2.75) is 26.2 Å². The number of thiophene rings is 1. The molecule has 0 aliphatic carbocycles. The molecule has 1 aromatic rings. The summed E-state index contributed by atoms with van der Waals surface area (Å²) in [6.07, 6.45) is 3.14. The zero-order chi connectivity index (χ0) is 13.5. The van der Waals surface area contributed by atoms with Crippen molar-refractivity contribution in [1.29, 1.82) is 0 Å². The molecule has 0 fully saturated rings. The third-order valence-electron chi connectivity index (χ3n) is 2.56. The Morgan fingerprint density at radius 1 is 1.44 bits per heavy atom. The number of nitrogens with one attached hydrogen (secondary N) is 1. The number of unbranched alkanes of at least 4 members (excludes halogenated alkanes) is 2. The van der Waals surface area contributed by atoms with Crippen LogP contribution in [-0.4, -0.2) is 35.6 Å². The highest BCUT2D eigenvalue weighted by Gasteiger charge is 2.15. The van der Waals surface area contributed by atoms with Gasteiger partial charge >= 0.3 is 12.0 Å². The number of anilines is 1. The van der Waals surface area contributed by atoms with E-state index < -0.39 is 5.97 Å². The van der Waals surface area contributed by atoms with Gasteiger partial charge < -0.3 is 10.0 Å². The minimum absolute atomic E-state index is 0.135. The van der Waals surface area contributed by atoms with Crippen LogP contribution < -0.4 is 5.32 Å². The van der Waals surface area contributed by atoms with Crippen LogP contribution in [0.4, 0.5) is 9.80 Å². The average molecular weight is 270 g/mol. The summed E-state index contributed by atoms with van der Waals surface area (Å²) in [5.41, 5.74) is 0.135. The summed E-state index contributed by atoms with van der Waals surface area (Å²) < 4.78 is 0. The molecule has 0 saturated heterocycles. The molecule has 0 saturated carbocycles. The van der Waals surface area contributed by atoms with E-state index >= 15 is 0 Å². The molecule has 0 aliphatic rings. The van der Waals surface area contributed by atoms with E-state index in [9.17, 15) is 9.59 Å². The maximum atomic E-state index is 11.8. The smallest absolute Gasteiger partial charge is 0.338 e. The van der Waals surface area contributed by atoms with Crippen molar-refractivity contribution in [3.05, 3.63) is 17.0 Å². The van der Waals surface area contributed by atoms with Crippen LogP contribution in [-0.2, 0) is 0 Å². The first-order valence-corrected chi connectivity index (χ1v) is 6.77. The van der Waals surface area contributed by atoms with Crippen molar-refractivity contribution in [3.8, 4) is 0 Å². The number of hydrogen-bond donors (Lipinski definition) is 2. The zero-order valence-electron chi connectivity index (χ0n) is 10.6. The average Bonchev–Trinajstić information content (AvgIpc) is 2.77. The molecule has 2 amide bonds. The normalized spacial score (nSPS) is 10.1. The number of hydrogen-bond acceptors (Lipinski definition) is 3. The largest absolute Gasteiger partial charge is 0.478 e. The van der Waals surface area contributed by atoms with Crippen LogP contribution in [0.2, 0.25) is 0 Å². The summed E-state index contributed by atoms with van der Waals surface area (Å²) in [5, 5.41) is 13.6. The Bertz CT molecular complexity index is 417. The van der Waals surface area contributed by atoms with E-state index in [4.69, 9.17) is 5.11 Å². The van der Waals surface area contributed by atoms with Crippen LogP contribution in [0.1, 0.15) is 36.5 Å². The monoisotopic (exact) mass is 270 g/mol. The molecule has 1 heterocycles. The summed E-state index contributed by atoms with van der Waals surface area (Å²) in [4.78, 5) is 24.3. The fourth-order valence-corrected chi connectivity index (χ4v) is 2.24. The van der Waals surface area contributed by atoms with Gasteiger partial charge in [-0.2, -0.15) is 0 Å². The molecule has 0 aliphatic heterocycles.